The van der Waals surface area contributed by atoms with Crippen molar-refractivity contribution < 1.29 is 31.6 Å². The second-order valence-electron chi connectivity index (χ2n) is 3.65. The molecule has 0 unspecified atom stereocenters. The third-order valence-electron chi connectivity index (χ3n) is 2.22. The lowest BCUT2D eigenvalue weighted by Gasteiger charge is -1.98. The third-order valence-corrected chi connectivity index (χ3v) is 5.16. The summed E-state index contributed by atoms with van der Waals surface area (Å²) < 4.78 is 35.3. The fraction of sp³-hybridized carbons (Fsp3) is 0.273. The van der Waals surface area contributed by atoms with Crippen molar-refractivity contribution in [2.24, 2.45) is 7.05 Å². The zero-order chi connectivity index (χ0) is 16.0. The number of aromatic nitrogens is 1. The summed E-state index contributed by atoms with van der Waals surface area (Å²) in [6.45, 7) is 0. The van der Waals surface area contributed by atoms with Crippen LogP contribution in [0, 0.1) is 0 Å². The van der Waals surface area contributed by atoms with E-state index in [9.17, 15) is 17.8 Å². The van der Waals surface area contributed by atoms with Crippen LogP contribution in [0.5, 0.6) is 0 Å². The number of carboxylic acids is 1. The normalized spacial score (nSPS) is 11.0. The maximum Gasteiger partial charge on any atom is 0.314 e. The van der Waals surface area contributed by atoms with Crippen LogP contribution < -0.4 is 4.57 Å². The number of thiazole rings is 1. The Balaban J connectivity index is 0.000000315. The summed E-state index contributed by atoms with van der Waals surface area (Å²) >= 11 is 2.99. The van der Waals surface area contributed by atoms with Crippen molar-refractivity contribution in [1.82, 2.24) is 0 Å². The van der Waals surface area contributed by atoms with Crippen LogP contribution in [-0.4, -0.2) is 36.9 Å². The van der Waals surface area contributed by atoms with Gasteiger partial charge in [-0.25, -0.2) is 8.42 Å². The van der Waals surface area contributed by atoms with Crippen LogP contribution in [0.15, 0.2) is 28.6 Å². The molecule has 0 spiro atoms. The molecule has 0 aliphatic rings. The number of carbonyl (C=O) groups is 1. The van der Waals surface area contributed by atoms with E-state index in [1.165, 1.54) is 16.5 Å². The highest BCUT2D eigenvalue weighted by atomic mass is 32.3. The lowest BCUT2D eigenvalue weighted by molar-refractivity contribution is -0.676. The maximum absolute atomic E-state index is 10.5. The Morgan fingerprint density at radius 1 is 1.48 bits per heavy atom. The van der Waals surface area contributed by atoms with Crippen LogP contribution in [0.1, 0.15) is 0 Å². The summed E-state index contributed by atoms with van der Waals surface area (Å²) in [7, 11) is -1.64. The Hall–Kier alpha value is -1.20. The summed E-state index contributed by atoms with van der Waals surface area (Å²) in [6, 6.07) is 8.06. The van der Waals surface area contributed by atoms with Gasteiger partial charge in [-0.2, -0.15) is 4.57 Å². The van der Waals surface area contributed by atoms with Crippen molar-refractivity contribution in [2.75, 3.05) is 12.9 Å². The van der Waals surface area contributed by atoms with Gasteiger partial charge in [0.25, 0.3) is 4.34 Å². The molecule has 116 valence electrons. The van der Waals surface area contributed by atoms with Gasteiger partial charge in [-0.1, -0.05) is 23.5 Å². The smallest absolute Gasteiger partial charge is 0.314 e. The Kier molecular flexibility index (Phi) is 6.55. The molecule has 10 heteroatoms. The van der Waals surface area contributed by atoms with Gasteiger partial charge < -0.3 is 9.66 Å². The summed E-state index contributed by atoms with van der Waals surface area (Å²) in [5.74, 6) is -0.668. The number of para-hydroxylation sites is 1. The number of rotatable bonds is 4. The van der Waals surface area contributed by atoms with Crippen molar-refractivity contribution in [3.8, 4) is 0 Å². The number of thioether (sulfide) groups is 1. The highest BCUT2D eigenvalue weighted by Crippen LogP contribution is 2.26. The molecule has 0 amide bonds. The van der Waals surface area contributed by atoms with Gasteiger partial charge >= 0.3 is 5.97 Å². The SMILES string of the molecule is COS(=O)(=O)[O-].C[n+]1c(SCC(=O)O)sc2ccccc21. The number of hydrogen-bond donors (Lipinski definition) is 1. The van der Waals surface area contributed by atoms with E-state index in [-0.39, 0.29) is 5.75 Å². The molecule has 0 bridgehead atoms. The summed E-state index contributed by atoms with van der Waals surface area (Å²) in [6.07, 6.45) is 0. The molecule has 1 heterocycles. The Morgan fingerprint density at radius 3 is 2.52 bits per heavy atom. The van der Waals surface area contributed by atoms with Crippen molar-refractivity contribution in [3.05, 3.63) is 24.3 Å². The first-order chi connectivity index (χ1) is 9.74. The number of benzene rings is 1. The Bertz CT molecular complexity index is 725. The summed E-state index contributed by atoms with van der Waals surface area (Å²) in [5, 5.41) is 8.62. The molecular weight excluding hydrogens is 338 g/mol. The Morgan fingerprint density at radius 2 is 2.05 bits per heavy atom. The third kappa shape index (κ3) is 5.98. The maximum atomic E-state index is 10.5. The van der Waals surface area contributed by atoms with Gasteiger partial charge in [-0.15, -0.1) is 0 Å². The van der Waals surface area contributed by atoms with Crippen LogP contribution >= 0.6 is 23.1 Å². The van der Waals surface area contributed by atoms with E-state index in [2.05, 4.69) is 4.18 Å². The average Bonchev–Trinajstić information content (AvgIpc) is 2.74. The van der Waals surface area contributed by atoms with Crippen LogP contribution in [0.4, 0.5) is 0 Å². The molecule has 0 saturated heterocycles. The van der Waals surface area contributed by atoms with Gasteiger partial charge in [0.15, 0.2) is 0 Å². The van der Waals surface area contributed by atoms with Gasteiger partial charge in [0.1, 0.15) is 17.5 Å². The second-order valence-corrected chi connectivity index (χ2v) is 7.05. The fourth-order valence-corrected chi connectivity index (χ4v) is 3.43. The van der Waals surface area contributed by atoms with Gasteiger partial charge in [0.05, 0.1) is 7.11 Å². The lowest BCUT2D eigenvalue weighted by atomic mass is 10.3. The van der Waals surface area contributed by atoms with E-state index in [1.807, 2.05) is 35.9 Å². The monoisotopic (exact) mass is 351 g/mol. The molecule has 0 aliphatic heterocycles. The fourth-order valence-electron chi connectivity index (χ4n) is 1.33. The van der Waals surface area contributed by atoms with Crippen molar-refractivity contribution >= 4 is 49.7 Å². The van der Waals surface area contributed by atoms with Crippen molar-refractivity contribution in [1.29, 1.82) is 0 Å². The van der Waals surface area contributed by atoms with Gasteiger partial charge in [-0.3, -0.25) is 8.98 Å². The number of nitrogens with zero attached hydrogens (tertiary/aromatic N) is 1. The predicted octanol–water partition coefficient (Wildman–Crippen LogP) is 0.995. The number of fused-ring (bicyclic) bond motifs is 1. The molecule has 0 aliphatic carbocycles. The van der Waals surface area contributed by atoms with E-state index in [0.29, 0.717) is 0 Å². The number of aliphatic carboxylic acids is 1. The minimum absolute atomic E-state index is 0.112. The minimum atomic E-state index is -4.41. The van der Waals surface area contributed by atoms with E-state index in [4.69, 9.17) is 5.11 Å². The average molecular weight is 351 g/mol. The first-order valence-electron chi connectivity index (χ1n) is 5.48. The van der Waals surface area contributed by atoms with Gasteiger partial charge in [0.2, 0.25) is 15.9 Å². The number of carboxylic acid groups (broad SMARTS) is 1. The zero-order valence-electron chi connectivity index (χ0n) is 11.2. The van der Waals surface area contributed by atoms with Crippen molar-refractivity contribution in [2.45, 2.75) is 4.34 Å². The molecule has 0 radical (unpaired) electrons. The topological polar surface area (TPSA) is 108 Å². The van der Waals surface area contributed by atoms with Gasteiger partial charge in [-0.05, 0) is 17.8 Å². The quantitative estimate of drug-likeness (QED) is 0.379. The highest BCUT2D eigenvalue weighted by Gasteiger charge is 2.17. The highest BCUT2D eigenvalue weighted by molar-refractivity contribution is 8.01. The number of hydrogen-bond acceptors (Lipinski definition) is 7. The van der Waals surface area contributed by atoms with Gasteiger partial charge in [0, 0.05) is 6.07 Å². The van der Waals surface area contributed by atoms with Crippen LogP contribution in [-0.2, 0) is 26.4 Å². The molecule has 0 atom stereocenters. The summed E-state index contributed by atoms with van der Waals surface area (Å²) in [4.78, 5) is 10.5. The zero-order valence-corrected chi connectivity index (χ0v) is 13.6. The standard InChI is InChI=1S/C10H9NO2S2.CH4O4S/c1-11-7-4-2-3-5-8(7)15-10(11)14-6-9(12)13;1-5-6(2,3)4/h2-5H,6H2,1H3;1H3,(H,2,3,4). The minimum Gasteiger partial charge on any atom is -0.726 e. The molecule has 2 rings (SSSR count). The van der Waals surface area contributed by atoms with Crippen LogP contribution in [0.3, 0.4) is 0 Å². The predicted molar refractivity (Wildman–Crippen MR) is 78.1 cm³/mol. The summed E-state index contributed by atoms with van der Waals surface area (Å²) in [5.41, 5.74) is 1.15. The van der Waals surface area contributed by atoms with E-state index in [0.717, 1.165) is 17.0 Å². The van der Waals surface area contributed by atoms with Crippen LogP contribution in [0.25, 0.3) is 10.2 Å². The molecular formula is C11H13NO6S3. The molecule has 7 nitrogen and oxygen atoms in total. The first-order valence-corrected chi connectivity index (χ1v) is 8.61. The molecule has 2 aromatic rings. The molecule has 0 saturated carbocycles. The van der Waals surface area contributed by atoms with E-state index < -0.39 is 16.4 Å². The molecule has 1 aromatic heterocycles. The molecule has 21 heavy (non-hydrogen) atoms. The second kappa shape index (κ2) is 7.71. The number of aryl methyl sites for hydroxylation is 1. The van der Waals surface area contributed by atoms with Crippen LogP contribution in [0.2, 0.25) is 0 Å². The molecule has 1 aromatic carbocycles. The Labute approximate surface area is 130 Å². The van der Waals surface area contributed by atoms with Crippen molar-refractivity contribution in [3.63, 3.8) is 0 Å². The molecule has 1 N–H and O–H groups in total. The lowest BCUT2D eigenvalue weighted by Crippen LogP contribution is -2.28. The van der Waals surface area contributed by atoms with E-state index in [1.54, 1.807) is 11.3 Å². The first kappa shape index (κ1) is 17.9. The molecule has 0 fully saturated rings. The van der Waals surface area contributed by atoms with E-state index >= 15 is 0 Å². The largest absolute Gasteiger partial charge is 0.726 e.